The number of anilines is 3. The highest BCUT2D eigenvalue weighted by Crippen LogP contribution is 2.33. The van der Waals surface area contributed by atoms with E-state index in [1.54, 1.807) is 54.6 Å². The second-order valence-corrected chi connectivity index (χ2v) is 11.4. The molecule has 43 heavy (non-hydrogen) atoms. The number of carbonyl (C=O) groups excluding carboxylic acids is 3. The second-order valence-electron chi connectivity index (χ2n) is 9.61. The number of amides is 3. The Morgan fingerprint density at radius 3 is 2.37 bits per heavy atom. The molecule has 216 valence electrons. The van der Waals surface area contributed by atoms with E-state index in [2.05, 4.69) is 15.6 Å². The Kier molecular flexibility index (Phi) is 8.09. The Bertz CT molecular complexity index is 1820. The second kappa shape index (κ2) is 12.1. The molecule has 12 heteroatoms. The van der Waals surface area contributed by atoms with Gasteiger partial charge in [0.05, 0.1) is 32.5 Å². The molecule has 2 unspecified atom stereocenters. The molecule has 1 aliphatic heterocycles. The maximum Gasteiger partial charge on any atom is 0.259 e. The van der Waals surface area contributed by atoms with E-state index in [4.69, 9.17) is 27.9 Å². The van der Waals surface area contributed by atoms with Crippen LogP contribution in [0.5, 0.6) is 0 Å². The smallest absolute Gasteiger partial charge is 0.259 e. The summed E-state index contributed by atoms with van der Waals surface area (Å²) in [5.74, 6) is -1.80. The van der Waals surface area contributed by atoms with Crippen molar-refractivity contribution in [2.24, 2.45) is 0 Å². The number of aromatic nitrogens is 1. The van der Waals surface area contributed by atoms with Crippen molar-refractivity contribution >= 4 is 79.0 Å². The van der Waals surface area contributed by atoms with E-state index in [0.717, 1.165) is 10.2 Å². The van der Waals surface area contributed by atoms with Crippen LogP contribution in [-0.4, -0.2) is 34.9 Å². The van der Waals surface area contributed by atoms with Crippen LogP contribution in [0.25, 0.3) is 10.2 Å². The highest BCUT2D eigenvalue weighted by molar-refractivity contribution is 7.22. The van der Waals surface area contributed by atoms with Crippen LogP contribution in [-0.2, 0) is 20.9 Å². The van der Waals surface area contributed by atoms with Crippen molar-refractivity contribution in [2.45, 2.75) is 18.8 Å². The van der Waals surface area contributed by atoms with Gasteiger partial charge >= 0.3 is 0 Å². The molecule has 2 atom stereocenters. The molecule has 0 bridgehead atoms. The van der Waals surface area contributed by atoms with Gasteiger partial charge in [-0.05, 0) is 66.2 Å². The Balaban J connectivity index is 1.19. The van der Waals surface area contributed by atoms with Gasteiger partial charge in [-0.1, -0.05) is 64.9 Å². The molecule has 0 spiro atoms. The van der Waals surface area contributed by atoms with E-state index in [1.165, 1.54) is 28.4 Å². The molecule has 1 aliphatic rings. The molecule has 1 aromatic heterocycles. The average molecular weight is 636 g/mol. The summed E-state index contributed by atoms with van der Waals surface area (Å²) in [5.41, 5.74) is 2.55. The van der Waals surface area contributed by atoms with E-state index in [-0.39, 0.29) is 22.5 Å². The lowest BCUT2D eigenvalue weighted by atomic mass is 10.1. The number of thiazole rings is 1. The monoisotopic (exact) mass is 634 g/mol. The van der Waals surface area contributed by atoms with Gasteiger partial charge in [-0.15, -0.1) is 0 Å². The first-order chi connectivity index (χ1) is 20.8. The van der Waals surface area contributed by atoms with E-state index >= 15 is 0 Å². The Labute approximate surface area is 259 Å². The zero-order valence-corrected chi connectivity index (χ0v) is 24.4. The number of fused-ring (bicyclic) bond motifs is 1. The number of nitrogens with zero attached hydrogens (tertiary/aromatic N) is 2. The molecule has 0 radical (unpaired) electrons. The SMILES string of the molecule is O=C(Nc1nc2ccccc2s1)c1ccc(N(Cc2ccc(F)cc2)C(=O)C2OC2C(=O)Nc2cccc(Cl)c2Cl)cc1. The fraction of sp³-hybridized carbons (Fsp3) is 0.0968. The topological polar surface area (TPSA) is 104 Å². The van der Waals surface area contributed by atoms with E-state index < -0.39 is 29.8 Å². The van der Waals surface area contributed by atoms with Gasteiger partial charge in [-0.25, -0.2) is 9.37 Å². The highest BCUT2D eigenvalue weighted by atomic mass is 35.5. The minimum Gasteiger partial charge on any atom is -0.349 e. The standard InChI is InChI=1S/C31H21Cl2FN4O4S/c32-21-4-3-6-23(25(21)33)35-29(40)26-27(42-26)30(41)38(16-17-8-12-19(34)13-9-17)20-14-10-18(11-15-20)28(39)37-31-36-22-5-1-2-7-24(22)43-31/h1-15,26-27H,16H2,(H,35,40)(H,36,37,39). The molecule has 4 aromatic carbocycles. The van der Waals surface area contributed by atoms with Gasteiger partial charge in [0.1, 0.15) is 5.82 Å². The van der Waals surface area contributed by atoms with Crippen LogP contribution in [0.4, 0.5) is 20.9 Å². The lowest BCUT2D eigenvalue weighted by Crippen LogP contribution is -2.36. The third-order valence-electron chi connectivity index (χ3n) is 6.68. The highest BCUT2D eigenvalue weighted by Gasteiger charge is 2.52. The van der Waals surface area contributed by atoms with Gasteiger partial charge in [0, 0.05) is 11.3 Å². The van der Waals surface area contributed by atoms with Crippen molar-refractivity contribution in [1.29, 1.82) is 0 Å². The Morgan fingerprint density at radius 1 is 0.884 bits per heavy atom. The summed E-state index contributed by atoms with van der Waals surface area (Å²) in [6.07, 6.45) is -2.10. The summed E-state index contributed by atoms with van der Waals surface area (Å²) in [5, 5.41) is 6.36. The van der Waals surface area contributed by atoms with Gasteiger partial charge in [0.25, 0.3) is 17.7 Å². The number of ether oxygens (including phenoxy) is 1. The van der Waals surface area contributed by atoms with Crippen molar-refractivity contribution in [3.63, 3.8) is 0 Å². The van der Waals surface area contributed by atoms with Gasteiger partial charge in [-0.3, -0.25) is 19.7 Å². The van der Waals surface area contributed by atoms with Gasteiger partial charge in [0.2, 0.25) is 0 Å². The predicted molar refractivity (Wildman–Crippen MR) is 165 cm³/mol. The van der Waals surface area contributed by atoms with Gasteiger partial charge < -0.3 is 15.0 Å². The summed E-state index contributed by atoms with van der Waals surface area (Å²) >= 11 is 13.6. The molecule has 1 saturated heterocycles. The predicted octanol–water partition coefficient (Wildman–Crippen LogP) is 6.93. The van der Waals surface area contributed by atoms with Crippen LogP contribution < -0.4 is 15.5 Å². The summed E-state index contributed by atoms with van der Waals surface area (Å²) in [6, 6.07) is 24.5. The molecular weight excluding hydrogens is 614 g/mol. The molecule has 2 N–H and O–H groups in total. The maximum absolute atomic E-state index is 13.6. The largest absolute Gasteiger partial charge is 0.349 e. The number of nitrogens with one attached hydrogen (secondary N) is 2. The fourth-order valence-electron chi connectivity index (χ4n) is 4.41. The van der Waals surface area contributed by atoms with Gasteiger partial charge in [0.15, 0.2) is 17.3 Å². The number of benzene rings is 4. The molecule has 3 amide bonds. The van der Waals surface area contributed by atoms with Crippen LogP contribution >= 0.6 is 34.5 Å². The van der Waals surface area contributed by atoms with Crippen molar-refractivity contribution in [3.8, 4) is 0 Å². The van der Waals surface area contributed by atoms with Crippen LogP contribution in [0.15, 0.2) is 91.0 Å². The van der Waals surface area contributed by atoms with E-state index in [0.29, 0.717) is 27.6 Å². The minimum atomic E-state index is -1.06. The van der Waals surface area contributed by atoms with Crippen LogP contribution in [0.2, 0.25) is 10.0 Å². The molecule has 8 nitrogen and oxygen atoms in total. The third kappa shape index (κ3) is 6.37. The number of para-hydroxylation sites is 1. The zero-order chi connectivity index (χ0) is 30.1. The van der Waals surface area contributed by atoms with Crippen molar-refractivity contribution in [3.05, 3.63) is 118 Å². The zero-order valence-electron chi connectivity index (χ0n) is 22.1. The van der Waals surface area contributed by atoms with Crippen LogP contribution in [0, 0.1) is 5.82 Å². The molecule has 0 aliphatic carbocycles. The lowest BCUT2D eigenvalue weighted by molar-refractivity contribution is -0.120. The van der Waals surface area contributed by atoms with Crippen LogP contribution in [0.1, 0.15) is 15.9 Å². The quantitative estimate of drug-likeness (QED) is 0.180. The normalized spacial score (nSPS) is 15.6. The Hall–Kier alpha value is -4.35. The summed E-state index contributed by atoms with van der Waals surface area (Å²) in [4.78, 5) is 45.2. The number of carbonyl (C=O) groups is 3. The third-order valence-corrected chi connectivity index (χ3v) is 8.45. The van der Waals surface area contributed by atoms with Crippen molar-refractivity contribution in [2.75, 3.05) is 15.5 Å². The number of hydrogen-bond acceptors (Lipinski definition) is 6. The lowest BCUT2D eigenvalue weighted by Gasteiger charge is -2.23. The number of epoxide rings is 1. The Morgan fingerprint density at radius 2 is 1.63 bits per heavy atom. The number of rotatable bonds is 8. The maximum atomic E-state index is 13.6. The molecule has 6 rings (SSSR count). The number of halogens is 3. The molecule has 1 fully saturated rings. The first-order valence-corrected chi connectivity index (χ1v) is 14.6. The fourth-order valence-corrected chi connectivity index (χ4v) is 5.62. The molecular formula is C31H21Cl2FN4O4S. The molecule has 5 aromatic rings. The summed E-state index contributed by atoms with van der Waals surface area (Å²) in [6.45, 7) is 0.0741. The average Bonchev–Trinajstić information content (AvgIpc) is 3.71. The molecule has 2 heterocycles. The summed E-state index contributed by atoms with van der Waals surface area (Å²) in [7, 11) is 0. The number of hydrogen-bond donors (Lipinski definition) is 2. The van der Waals surface area contributed by atoms with Crippen LogP contribution in [0.3, 0.4) is 0 Å². The first-order valence-electron chi connectivity index (χ1n) is 13.0. The van der Waals surface area contributed by atoms with Crippen molar-refractivity contribution in [1.82, 2.24) is 4.98 Å². The summed E-state index contributed by atoms with van der Waals surface area (Å²) < 4.78 is 20.0. The van der Waals surface area contributed by atoms with Crippen molar-refractivity contribution < 1.29 is 23.5 Å². The minimum absolute atomic E-state index is 0.0741. The van der Waals surface area contributed by atoms with Gasteiger partial charge in [-0.2, -0.15) is 0 Å². The van der Waals surface area contributed by atoms with E-state index in [9.17, 15) is 18.8 Å². The molecule has 0 saturated carbocycles. The van der Waals surface area contributed by atoms with E-state index in [1.807, 2.05) is 24.3 Å². The first kappa shape index (κ1) is 28.8.